The van der Waals surface area contributed by atoms with Gasteiger partial charge in [-0.3, -0.25) is 10.1 Å². The highest BCUT2D eigenvalue weighted by Crippen LogP contribution is 2.24. The van der Waals surface area contributed by atoms with Crippen molar-refractivity contribution in [3.05, 3.63) is 16.9 Å². The number of aromatic nitrogens is 2. The summed E-state index contributed by atoms with van der Waals surface area (Å²) in [6, 6.07) is 0.409. The fraction of sp³-hybridized carbons (Fsp3) is 0.643. The molecule has 21 heavy (non-hydrogen) atoms. The predicted molar refractivity (Wildman–Crippen MR) is 83.8 cm³/mol. The van der Waals surface area contributed by atoms with Crippen LogP contribution in [-0.4, -0.2) is 51.1 Å². The lowest BCUT2D eigenvalue weighted by Gasteiger charge is -2.33. The molecule has 1 aliphatic heterocycles. The molecule has 1 aromatic heterocycles. The van der Waals surface area contributed by atoms with Crippen LogP contribution in [0.25, 0.3) is 0 Å². The fourth-order valence-corrected chi connectivity index (χ4v) is 3.09. The molecule has 7 heteroatoms. The van der Waals surface area contributed by atoms with Crippen LogP contribution in [0, 0.1) is 11.3 Å². The Bertz CT molecular complexity index is 509. The molecule has 2 rings (SSSR count). The lowest BCUT2D eigenvalue weighted by molar-refractivity contribution is -0.129. The van der Waals surface area contributed by atoms with E-state index in [0.717, 1.165) is 30.4 Å². The average molecular weight is 357 g/mol. The highest BCUT2D eigenvalue weighted by molar-refractivity contribution is 9.10. The molecule has 2 heterocycles. The molecule has 1 fully saturated rings. The Morgan fingerprint density at radius 3 is 2.71 bits per heavy atom. The number of hydrogen-bond acceptors (Lipinski definition) is 4. The molecule has 0 spiro atoms. The normalized spacial score (nSPS) is 18.6. The van der Waals surface area contributed by atoms with Crippen molar-refractivity contribution in [1.29, 1.82) is 5.41 Å². The van der Waals surface area contributed by atoms with Crippen LogP contribution in [0.15, 0.2) is 16.9 Å². The molecule has 0 amide bonds. The number of halogens is 1. The summed E-state index contributed by atoms with van der Waals surface area (Å²) in [7, 11) is 0. The van der Waals surface area contributed by atoms with Crippen LogP contribution in [0.5, 0.6) is 0 Å². The summed E-state index contributed by atoms with van der Waals surface area (Å²) in [5.74, 6) is -1.28. The van der Waals surface area contributed by atoms with Crippen molar-refractivity contribution < 1.29 is 9.90 Å². The van der Waals surface area contributed by atoms with E-state index < -0.39 is 5.97 Å². The predicted octanol–water partition coefficient (Wildman–Crippen LogP) is 2.41. The van der Waals surface area contributed by atoms with Crippen LogP contribution in [0.4, 0.5) is 0 Å². The van der Waals surface area contributed by atoms with Crippen molar-refractivity contribution in [2.75, 3.05) is 19.6 Å². The lowest BCUT2D eigenvalue weighted by atomic mass is 9.97. The molecule has 0 bridgehead atoms. The fourth-order valence-electron chi connectivity index (χ4n) is 2.79. The van der Waals surface area contributed by atoms with Crippen molar-refractivity contribution in [3.63, 3.8) is 0 Å². The maximum atomic E-state index is 10.9. The van der Waals surface area contributed by atoms with Gasteiger partial charge in [-0.25, -0.2) is 4.79 Å². The van der Waals surface area contributed by atoms with E-state index in [0.29, 0.717) is 19.0 Å². The first kappa shape index (κ1) is 16.2. The minimum Gasteiger partial charge on any atom is -0.477 e. The second-order valence-corrected chi connectivity index (χ2v) is 6.41. The van der Waals surface area contributed by atoms with Crippen LogP contribution in [0.1, 0.15) is 32.2 Å². The zero-order valence-electron chi connectivity index (χ0n) is 12.1. The molecule has 6 nitrogen and oxygen atoms in total. The van der Waals surface area contributed by atoms with Gasteiger partial charge >= 0.3 is 5.97 Å². The van der Waals surface area contributed by atoms with E-state index in [9.17, 15) is 4.79 Å². The molecule has 1 aliphatic rings. The Labute approximate surface area is 132 Å². The number of likely N-dealkylation sites (tertiary alicyclic amines) is 1. The molecular formula is C14H21BrN4O2. The average Bonchev–Trinajstić information content (AvgIpc) is 2.91. The van der Waals surface area contributed by atoms with E-state index in [-0.39, 0.29) is 11.6 Å². The van der Waals surface area contributed by atoms with Gasteiger partial charge in [0.2, 0.25) is 0 Å². The third-order valence-electron chi connectivity index (χ3n) is 4.11. The van der Waals surface area contributed by atoms with Crippen LogP contribution >= 0.6 is 15.9 Å². The van der Waals surface area contributed by atoms with Gasteiger partial charge in [-0.05, 0) is 35.2 Å². The summed E-state index contributed by atoms with van der Waals surface area (Å²) in [5.41, 5.74) is -0.171. The molecule has 0 radical (unpaired) electrons. The molecule has 0 aliphatic carbocycles. The number of carboxylic acids is 1. The molecule has 0 aromatic carbocycles. The molecule has 2 N–H and O–H groups in total. The van der Waals surface area contributed by atoms with E-state index in [1.165, 1.54) is 0 Å². The van der Waals surface area contributed by atoms with Crippen molar-refractivity contribution in [2.45, 2.75) is 32.2 Å². The zero-order valence-corrected chi connectivity index (χ0v) is 13.7. The summed E-state index contributed by atoms with van der Waals surface area (Å²) < 4.78 is 2.99. The molecule has 0 unspecified atom stereocenters. The van der Waals surface area contributed by atoms with Gasteiger partial charge in [0.05, 0.1) is 16.7 Å². The van der Waals surface area contributed by atoms with Crippen LogP contribution in [0.2, 0.25) is 0 Å². The first-order valence-electron chi connectivity index (χ1n) is 7.25. The number of nitrogens with one attached hydrogen (secondary N) is 1. The Hall–Kier alpha value is -1.21. The smallest absolute Gasteiger partial charge is 0.349 e. The third kappa shape index (κ3) is 4.14. The van der Waals surface area contributed by atoms with Gasteiger partial charge in [0.1, 0.15) is 5.71 Å². The maximum Gasteiger partial charge on any atom is 0.349 e. The van der Waals surface area contributed by atoms with Crippen LogP contribution < -0.4 is 0 Å². The minimum atomic E-state index is -1.10. The molecule has 1 atom stereocenters. The SMILES string of the molecule is CC[C@H](CN1CCC(n2cc(Br)cn2)CC1)C(=N)C(=O)O. The topological polar surface area (TPSA) is 82.2 Å². The number of rotatable bonds is 6. The first-order chi connectivity index (χ1) is 10.0. The van der Waals surface area contributed by atoms with Crippen molar-refractivity contribution in [3.8, 4) is 0 Å². The summed E-state index contributed by atoms with van der Waals surface area (Å²) in [4.78, 5) is 13.2. The highest BCUT2D eigenvalue weighted by atomic mass is 79.9. The number of piperidine rings is 1. The monoisotopic (exact) mass is 356 g/mol. The van der Waals surface area contributed by atoms with Gasteiger partial charge in [-0.2, -0.15) is 5.10 Å². The summed E-state index contributed by atoms with van der Waals surface area (Å²) >= 11 is 3.41. The van der Waals surface area contributed by atoms with Gasteiger partial charge in [0, 0.05) is 31.7 Å². The summed E-state index contributed by atoms with van der Waals surface area (Å²) in [6.45, 7) is 4.45. The van der Waals surface area contributed by atoms with E-state index in [2.05, 4.69) is 25.9 Å². The van der Waals surface area contributed by atoms with E-state index >= 15 is 0 Å². The second kappa shape index (κ2) is 7.17. The number of carboxylic acid groups (broad SMARTS) is 1. The number of aliphatic carboxylic acids is 1. The number of nitrogens with zero attached hydrogens (tertiary/aromatic N) is 3. The van der Waals surface area contributed by atoms with Crippen molar-refractivity contribution >= 4 is 27.6 Å². The van der Waals surface area contributed by atoms with Crippen LogP contribution in [0.3, 0.4) is 0 Å². The Kier molecular flexibility index (Phi) is 5.52. The summed E-state index contributed by atoms with van der Waals surface area (Å²) in [6.07, 6.45) is 6.50. The quantitative estimate of drug-likeness (QED) is 0.766. The van der Waals surface area contributed by atoms with Gasteiger partial charge in [-0.1, -0.05) is 6.92 Å². The third-order valence-corrected chi connectivity index (χ3v) is 4.52. The van der Waals surface area contributed by atoms with Crippen LogP contribution in [-0.2, 0) is 4.79 Å². The Morgan fingerprint density at radius 1 is 1.57 bits per heavy atom. The zero-order chi connectivity index (χ0) is 15.4. The molecular weight excluding hydrogens is 336 g/mol. The van der Waals surface area contributed by atoms with Gasteiger partial charge in [0.25, 0.3) is 0 Å². The molecule has 1 aromatic rings. The van der Waals surface area contributed by atoms with E-state index in [4.69, 9.17) is 10.5 Å². The summed E-state index contributed by atoms with van der Waals surface area (Å²) in [5, 5.41) is 20.9. The van der Waals surface area contributed by atoms with Crippen molar-refractivity contribution in [1.82, 2.24) is 14.7 Å². The maximum absolute atomic E-state index is 10.9. The van der Waals surface area contributed by atoms with Crippen molar-refractivity contribution in [2.24, 2.45) is 5.92 Å². The van der Waals surface area contributed by atoms with E-state index in [1.807, 2.05) is 17.8 Å². The highest BCUT2D eigenvalue weighted by Gasteiger charge is 2.26. The first-order valence-corrected chi connectivity index (χ1v) is 8.04. The Balaban J connectivity index is 1.86. The van der Waals surface area contributed by atoms with Gasteiger partial charge < -0.3 is 10.0 Å². The largest absolute Gasteiger partial charge is 0.477 e. The Morgan fingerprint density at radius 2 is 2.24 bits per heavy atom. The number of hydrogen-bond donors (Lipinski definition) is 2. The van der Waals surface area contributed by atoms with Gasteiger partial charge in [0.15, 0.2) is 0 Å². The lowest BCUT2D eigenvalue weighted by Crippen LogP contribution is -2.40. The molecule has 116 valence electrons. The molecule has 0 saturated carbocycles. The minimum absolute atomic E-state index is 0.171. The second-order valence-electron chi connectivity index (χ2n) is 5.49. The standard InChI is InChI=1S/C14H21BrN4O2/c1-2-10(13(16)14(20)21)8-18-5-3-12(4-6-18)19-9-11(15)7-17-19/h7,9-10,12,16H,2-6,8H2,1H3,(H,20,21)/t10-/m1/s1. The molecule has 1 saturated heterocycles. The van der Waals surface area contributed by atoms with Gasteiger partial charge in [-0.15, -0.1) is 0 Å². The van der Waals surface area contributed by atoms with E-state index in [1.54, 1.807) is 6.20 Å². The number of carbonyl (C=O) groups is 1.